The van der Waals surface area contributed by atoms with Crippen LogP contribution in [0.25, 0.3) is 0 Å². The molecule has 0 unspecified atom stereocenters. The van der Waals surface area contributed by atoms with Gasteiger partial charge < -0.3 is 19.9 Å². The van der Waals surface area contributed by atoms with Gasteiger partial charge in [0.05, 0.1) is 13.2 Å². The largest absolute Gasteiger partial charge is 0.379 e. The number of hydrogen-bond donors (Lipinski definition) is 2. The average Bonchev–Trinajstić information content (AvgIpc) is 3.05. The maximum Gasteiger partial charge on any atom is 0.191 e. The van der Waals surface area contributed by atoms with Crippen LogP contribution < -0.4 is 10.6 Å². The third-order valence-corrected chi connectivity index (χ3v) is 6.15. The van der Waals surface area contributed by atoms with Gasteiger partial charge in [-0.3, -0.25) is 4.90 Å². The lowest BCUT2D eigenvalue weighted by Gasteiger charge is -2.30. The molecule has 0 radical (unpaired) electrons. The summed E-state index contributed by atoms with van der Waals surface area (Å²) in [5.41, 5.74) is 0. The average molecular weight is 519 g/mol. The van der Waals surface area contributed by atoms with Crippen molar-refractivity contribution in [2.75, 3.05) is 39.4 Å². The number of aryl methyl sites for hydroxylation is 1. The van der Waals surface area contributed by atoms with Crippen molar-refractivity contribution >= 4 is 29.9 Å². The maximum absolute atomic E-state index is 5.43. The SMILES string of the molecule is CCC1CCC(NC(=NCc2nnc(C)n2C)NCCN2CCOCC2)CC1.I. The molecule has 2 N–H and O–H groups in total. The van der Waals surface area contributed by atoms with E-state index in [2.05, 4.69) is 32.7 Å². The molecule has 1 aliphatic carbocycles. The molecule has 3 rings (SSSR count). The number of rotatable bonds is 7. The lowest BCUT2D eigenvalue weighted by atomic mass is 9.84. The molecule has 1 saturated heterocycles. The zero-order chi connectivity index (χ0) is 19.8. The van der Waals surface area contributed by atoms with E-state index in [0.29, 0.717) is 12.6 Å². The first-order valence-electron chi connectivity index (χ1n) is 10.9. The molecule has 0 aromatic carbocycles. The summed E-state index contributed by atoms with van der Waals surface area (Å²) < 4.78 is 7.43. The molecule has 2 heterocycles. The van der Waals surface area contributed by atoms with Gasteiger partial charge in [-0.1, -0.05) is 13.3 Å². The topological polar surface area (TPSA) is 79.6 Å². The van der Waals surface area contributed by atoms with E-state index < -0.39 is 0 Å². The Morgan fingerprint density at radius 2 is 1.90 bits per heavy atom. The van der Waals surface area contributed by atoms with E-state index >= 15 is 0 Å². The first-order chi connectivity index (χ1) is 13.7. The minimum absolute atomic E-state index is 0. The molecule has 29 heavy (non-hydrogen) atoms. The van der Waals surface area contributed by atoms with Gasteiger partial charge in [-0.2, -0.15) is 0 Å². The fraction of sp³-hybridized carbons (Fsp3) is 0.850. The fourth-order valence-electron chi connectivity index (χ4n) is 3.96. The lowest BCUT2D eigenvalue weighted by molar-refractivity contribution is 0.0389. The van der Waals surface area contributed by atoms with Crippen LogP contribution in [0, 0.1) is 12.8 Å². The summed E-state index contributed by atoms with van der Waals surface area (Å²) in [6.07, 6.45) is 6.39. The molecule has 1 saturated carbocycles. The number of nitrogens with zero attached hydrogens (tertiary/aromatic N) is 5. The van der Waals surface area contributed by atoms with Crippen LogP contribution in [0.5, 0.6) is 0 Å². The molecule has 0 spiro atoms. The predicted molar refractivity (Wildman–Crippen MR) is 127 cm³/mol. The van der Waals surface area contributed by atoms with Gasteiger partial charge in [0.1, 0.15) is 12.4 Å². The van der Waals surface area contributed by atoms with Crippen LogP contribution in [0.3, 0.4) is 0 Å². The van der Waals surface area contributed by atoms with Crippen molar-refractivity contribution in [2.24, 2.45) is 18.0 Å². The standard InChI is InChI=1S/C20H37N7O.HI/c1-4-17-5-7-18(8-6-17)23-20(21-9-10-27-11-13-28-14-12-27)22-15-19-25-24-16(2)26(19)3;/h17-18H,4-15H2,1-3H3,(H2,21,22,23);1H. The molecule has 1 aliphatic heterocycles. The van der Waals surface area contributed by atoms with Gasteiger partial charge in [-0.05, 0) is 38.5 Å². The summed E-state index contributed by atoms with van der Waals surface area (Å²) in [4.78, 5) is 7.25. The van der Waals surface area contributed by atoms with E-state index in [1.165, 1.54) is 32.1 Å². The Kier molecular flexibility index (Phi) is 10.6. The molecule has 0 bridgehead atoms. The second-order valence-electron chi connectivity index (χ2n) is 8.04. The molecule has 1 aromatic rings. The Balaban J connectivity index is 0.00000300. The highest BCUT2D eigenvalue weighted by molar-refractivity contribution is 14.0. The predicted octanol–water partition coefficient (Wildman–Crippen LogP) is 2.08. The number of ether oxygens (including phenoxy) is 1. The number of aromatic nitrogens is 3. The summed E-state index contributed by atoms with van der Waals surface area (Å²) in [5, 5.41) is 15.6. The first-order valence-corrected chi connectivity index (χ1v) is 10.9. The van der Waals surface area contributed by atoms with Crippen molar-refractivity contribution in [1.29, 1.82) is 0 Å². The Hall–Kier alpha value is -0.940. The van der Waals surface area contributed by atoms with Crippen LogP contribution in [0.2, 0.25) is 0 Å². The van der Waals surface area contributed by atoms with Crippen molar-refractivity contribution in [3.05, 3.63) is 11.6 Å². The third-order valence-electron chi connectivity index (χ3n) is 6.15. The van der Waals surface area contributed by atoms with Gasteiger partial charge in [0.15, 0.2) is 11.8 Å². The van der Waals surface area contributed by atoms with Gasteiger partial charge in [0.25, 0.3) is 0 Å². The van der Waals surface area contributed by atoms with E-state index in [0.717, 1.165) is 62.9 Å². The van der Waals surface area contributed by atoms with Gasteiger partial charge >= 0.3 is 0 Å². The zero-order valence-electron chi connectivity index (χ0n) is 18.2. The van der Waals surface area contributed by atoms with Crippen LogP contribution in [0.15, 0.2) is 4.99 Å². The van der Waals surface area contributed by atoms with E-state index in [1.807, 2.05) is 18.5 Å². The molecule has 166 valence electrons. The van der Waals surface area contributed by atoms with Crippen molar-refractivity contribution in [1.82, 2.24) is 30.3 Å². The molecule has 8 nitrogen and oxygen atoms in total. The highest BCUT2D eigenvalue weighted by Gasteiger charge is 2.21. The van der Waals surface area contributed by atoms with Crippen LogP contribution in [-0.2, 0) is 18.3 Å². The summed E-state index contributed by atoms with van der Waals surface area (Å²) in [6, 6.07) is 0.513. The van der Waals surface area contributed by atoms with Crippen LogP contribution >= 0.6 is 24.0 Å². The first kappa shape index (κ1) is 24.3. The van der Waals surface area contributed by atoms with Crippen LogP contribution in [0.1, 0.15) is 50.7 Å². The highest BCUT2D eigenvalue weighted by atomic mass is 127. The normalized spacial score (nSPS) is 23.5. The van der Waals surface area contributed by atoms with Crippen molar-refractivity contribution < 1.29 is 4.74 Å². The third kappa shape index (κ3) is 7.67. The molecule has 9 heteroatoms. The van der Waals surface area contributed by atoms with Gasteiger partial charge in [-0.25, -0.2) is 4.99 Å². The minimum atomic E-state index is 0. The summed E-state index contributed by atoms with van der Waals surface area (Å²) >= 11 is 0. The molecule has 0 amide bonds. The van der Waals surface area contributed by atoms with Crippen molar-refractivity contribution in [3.63, 3.8) is 0 Å². The van der Waals surface area contributed by atoms with E-state index in [1.54, 1.807) is 0 Å². The number of nitrogens with one attached hydrogen (secondary N) is 2. The maximum atomic E-state index is 5.43. The number of morpholine rings is 1. The molecular formula is C20H38IN7O. The van der Waals surface area contributed by atoms with E-state index in [-0.39, 0.29) is 24.0 Å². The Morgan fingerprint density at radius 3 is 2.52 bits per heavy atom. The van der Waals surface area contributed by atoms with Crippen LogP contribution in [-0.4, -0.2) is 71.1 Å². The fourth-order valence-corrected chi connectivity index (χ4v) is 3.96. The Bertz CT molecular complexity index is 622. The second-order valence-corrected chi connectivity index (χ2v) is 8.04. The lowest BCUT2D eigenvalue weighted by Crippen LogP contribution is -2.48. The molecular weight excluding hydrogens is 481 g/mol. The number of aliphatic imine (C=N–C) groups is 1. The summed E-state index contributed by atoms with van der Waals surface area (Å²) in [5.74, 6) is 3.60. The minimum Gasteiger partial charge on any atom is -0.379 e. The Morgan fingerprint density at radius 1 is 1.17 bits per heavy atom. The van der Waals surface area contributed by atoms with Gasteiger partial charge in [-0.15, -0.1) is 34.2 Å². The van der Waals surface area contributed by atoms with E-state index in [9.17, 15) is 0 Å². The smallest absolute Gasteiger partial charge is 0.191 e. The number of halogens is 1. The van der Waals surface area contributed by atoms with Crippen LogP contribution in [0.4, 0.5) is 0 Å². The molecule has 2 aliphatic rings. The van der Waals surface area contributed by atoms with Gasteiger partial charge in [0, 0.05) is 39.3 Å². The molecule has 1 aromatic heterocycles. The quantitative estimate of drug-likeness (QED) is 0.326. The van der Waals surface area contributed by atoms with Gasteiger partial charge in [0.2, 0.25) is 0 Å². The van der Waals surface area contributed by atoms with Crippen molar-refractivity contribution in [2.45, 2.75) is 58.5 Å². The van der Waals surface area contributed by atoms with E-state index in [4.69, 9.17) is 9.73 Å². The summed E-state index contributed by atoms with van der Waals surface area (Å²) in [6.45, 7) is 10.4. The second kappa shape index (κ2) is 12.7. The zero-order valence-corrected chi connectivity index (χ0v) is 20.5. The monoisotopic (exact) mass is 519 g/mol. The molecule has 0 atom stereocenters. The van der Waals surface area contributed by atoms with Crippen molar-refractivity contribution in [3.8, 4) is 0 Å². The number of guanidine groups is 1. The summed E-state index contributed by atoms with van der Waals surface area (Å²) in [7, 11) is 1.99. The molecule has 2 fully saturated rings. The Labute approximate surface area is 192 Å². The number of hydrogen-bond acceptors (Lipinski definition) is 5. The highest BCUT2D eigenvalue weighted by Crippen LogP contribution is 2.26.